The van der Waals surface area contributed by atoms with Crippen LogP contribution in [-0.4, -0.2) is 17.9 Å². The fourth-order valence-electron chi connectivity index (χ4n) is 1.04. The molecule has 0 radical (unpaired) electrons. The van der Waals surface area contributed by atoms with Crippen molar-refractivity contribution in [2.24, 2.45) is 10.8 Å². The van der Waals surface area contributed by atoms with Gasteiger partial charge in [-0.2, -0.15) is 5.10 Å². The molecule has 0 aliphatic carbocycles. The maximum Gasteiger partial charge on any atom is 0.184 e. The average Bonchev–Trinajstić information content (AvgIpc) is 2.27. The smallest absolute Gasteiger partial charge is 0.184 e. The van der Waals surface area contributed by atoms with Crippen LogP contribution in [0.4, 0.5) is 0 Å². The van der Waals surface area contributed by atoms with Crippen LogP contribution < -0.4 is 15.9 Å². The molecule has 1 aromatic rings. The molecule has 86 valence electrons. The maximum atomic E-state index is 5.45. The summed E-state index contributed by atoms with van der Waals surface area (Å²) in [6, 6.07) is 7.63. The number of hydrazone groups is 1. The Bertz CT molecular complexity index is 362. The fourth-order valence-corrected chi connectivity index (χ4v) is 1.09. The monoisotopic (exact) mass is 237 g/mol. The van der Waals surface area contributed by atoms with E-state index in [-0.39, 0.29) is 5.11 Å². The molecule has 3 N–H and O–H groups in total. The minimum Gasteiger partial charge on any atom is -0.494 e. The summed E-state index contributed by atoms with van der Waals surface area (Å²) in [5.41, 5.74) is 8.66. The Kier molecular flexibility index (Phi) is 5.28. The third kappa shape index (κ3) is 4.75. The molecule has 4 nitrogen and oxygen atoms in total. The highest BCUT2D eigenvalue weighted by molar-refractivity contribution is 7.80. The molecule has 1 aromatic carbocycles. The molecule has 0 aliphatic rings. The lowest BCUT2D eigenvalue weighted by Gasteiger charge is -2.03. The molecule has 0 unspecified atom stereocenters. The summed E-state index contributed by atoms with van der Waals surface area (Å²) in [6.07, 6.45) is 2.64. The lowest BCUT2D eigenvalue weighted by molar-refractivity contribution is 0.317. The van der Waals surface area contributed by atoms with E-state index in [1.807, 2.05) is 24.3 Å². The first kappa shape index (κ1) is 12.4. The third-order valence-corrected chi connectivity index (χ3v) is 1.83. The van der Waals surface area contributed by atoms with Gasteiger partial charge in [-0.15, -0.1) is 0 Å². The Morgan fingerprint density at radius 3 is 2.75 bits per heavy atom. The van der Waals surface area contributed by atoms with Crippen LogP contribution >= 0.6 is 12.2 Å². The quantitative estimate of drug-likeness (QED) is 0.464. The van der Waals surface area contributed by atoms with E-state index in [1.165, 1.54) is 0 Å². The van der Waals surface area contributed by atoms with Crippen LogP contribution in [-0.2, 0) is 0 Å². The van der Waals surface area contributed by atoms with Crippen molar-refractivity contribution in [3.8, 4) is 5.75 Å². The number of nitrogens with one attached hydrogen (secondary N) is 1. The standard InChI is InChI=1S/C11H15N3OS/c1-2-7-15-10-5-3-9(4-6-10)8-13-14-11(12)16/h3-6,8H,2,7H2,1H3,(H3,12,14,16). The number of nitrogens with two attached hydrogens (primary N) is 1. The molecule has 0 saturated carbocycles. The van der Waals surface area contributed by atoms with Gasteiger partial charge in [-0.05, 0) is 48.5 Å². The second-order valence-electron chi connectivity index (χ2n) is 3.15. The van der Waals surface area contributed by atoms with E-state index < -0.39 is 0 Å². The number of benzene rings is 1. The van der Waals surface area contributed by atoms with Gasteiger partial charge in [-0.3, -0.25) is 5.43 Å². The molecule has 0 bridgehead atoms. The zero-order valence-electron chi connectivity index (χ0n) is 9.14. The summed E-state index contributed by atoms with van der Waals surface area (Å²) in [4.78, 5) is 0. The van der Waals surface area contributed by atoms with Crippen molar-refractivity contribution in [1.82, 2.24) is 5.43 Å². The Morgan fingerprint density at radius 2 is 2.19 bits per heavy atom. The van der Waals surface area contributed by atoms with Gasteiger partial charge in [-0.1, -0.05) is 6.92 Å². The Balaban J connectivity index is 2.50. The first-order valence-corrected chi connectivity index (χ1v) is 5.44. The SMILES string of the molecule is CCCOc1ccc(C=NNC(N)=S)cc1. The summed E-state index contributed by atoms with van der Waals surface area (Å²) in [6.45, 7) is 2.80. The number of rotatable bonds is 5. The van der Waals surface area contributed by atoms with Crippen molar-refractivity contribution in [2.45, 2.75) is 13.3 Å². The zero-order chi connectivity index (χ0) is 11.8. The molecule has 0 atom stereocenters. The van der Waals surface area contributed by atoms with Crippen molar-refractivity contribution in [2.75, 3.05) is 6.61 Å². The minimum absolute atomic E-state index is 0.152. The van der Waals surface area contributed by atoms with E-state index in [4.69, 9.17) is 10.5 Å². The van der Waals surface area contributed by atoms with Crippen molar-refractivity contribution >= 4 is 23.5 Å². The Labute approximate surface area is 100 Å². The van der Waals surface area contributed by atoms with Gasteiger partial charge in [0.05, 0.1) is 12.8 Å². The van der Waals surface area contributed by atoms with Crippen LogP contribution in [0.1, 0.15) is 18.9 Å². The molecular formula is C11H15N3OS. The highest BCUT2D eigenvalue weighted by Crippen LogP contribution is 2.11. The maximum absolute atomic E-state index is 5.45. The highest BCUT2D eigenvalue weighted by Gasteiger charge is 1.92. The summed E-state index contributed by atoms with van der Waals surface area (Å²) in [7, 11) is 0. The summed E-state index contributed by atoms with van der Waals surface area (Å²) in [5.74, 6) is 0.862. The van der Waals surface area contributed by atoms with Crippen molar-refractivity contribution < 1.29 is 4.74 Å². The van der Waals surface area contributed by atoms with Crippen LogP contribution in [0.2, 0.25) is 0 Å². The summed E-state index contributed by atoms with van der Waals surface area (Å²) < 4.78 is 5.45. The van der Waals surface area contributed by atoms with E-state index in [1.54, 1.807) is 6.21 Å². The van der Waals surface area contributed by atoms with Gasteiger partial charge in [0.15, 0.2) is 5.11 Å². The number of nitrogens with zero attached hydrogens (tertiary/aromatic N) is 1. The molecule has 0 heterocycles. The summed E-state index contributed by atoms with van der Waals surface area (Å²) in [5, 5.41) is 4.00. The van der Waals surface area contributed by atoms with Crippen LogP contribution in [0, 0.1) is 0 Å². The van der Waals surface area contributed by atoms with E-state index in [0.717, 1.165) is 24.3 Å². The van der Waals surface area contributed by atoms with Gasteiger partial charge in [0.25, 0.3) is 0 Å². The predicted octanol–water partition coefficient (Wildman–Crippen LogP) is 1.64. The second kappa shape index (κ2) is 6.79. The predicted molar refractivity (Wildman–Crippen MR) is 69.7 cm³/mol. The molecule has 16 heavy (non-hydrogen) atoms. The third-order valence-electron chi connectivity index (χ3n) is 1.74. The lowest BCUT2D eigenvalue weighted by atomic mass is 10.2. The largest absolute Gasteiger partial charge is 0.494 e. The minimum atomic E-state index is 0.152. The molecule has 0 fully saturated rings. The molecule has 5 heteroatoms. The van der Waals surface area contributed by atoms with Crippen LogP contribution in [0.3, 0.4) is 0 Å². The van der Waals surface area contributed by atoms with Gasteiger partial charge in [-0.25, -0.2) is 0 Å². The molecule has 0 aliphatic heterocycles. The second-order valence-corrected chi connectivity index (χ2v) is 3.59. The van der Waals surface area contributed by atoms with Gasteiger partial charge in [0.1, 0.15) is 5.75 Å². The lowest BCUT2D eigenvalue weighted by Crippen LogP contribution is -2.23. The molecule has 0 amide bonds. The highest BCUT2D eigenvalue weighted by atomic mass is 32.1. The molecule has 1 rings (SSSR count). The number of ether oxygens (including phenoxy) is 1. The average molecular weight is 237 g/mol. The van der Waals surface area contributed by atoms with Gasteiger partial charge < -0.3 is 10.5 Å². The molecule has 0 spiro atoms. The van der Waals surface area contributed by atoms with E-state index in [9.17, 15) is 0 Å². The number of hydrogen-bond acceptors (Lipinski definition) is 3. The summed E-state index contributed by atoms with van der Waals surface area (Å²) >= 11 is 4.61. The first-order chi connectivity index (χ1) is 7.72. The number of thiocarbonyl (C=S) groups is 1. The topological polar surface area (TPSA) is 59.6 Å². The molecule has 0 saturated heterocycles. The normalized spacial score (nSPS) is 10.3. The van der Waals surface area contributed by atoms with Crippen LogP contribution in [0.15, 0.2) is 29.4 Å². The van der Waals surface area contributed by atoms with Crippen molar-refractivity contribution in [3.63, 3.8) is 0 Å². The van der Waals surface area contributed by atoms with Crippen LogP contribution in [0.5, 0.6) is 5.75 Å². The fraction of sp³-hybridized carbons (Fsp3) is 0.273. The van der Waals surface area contributed by atoms with Gasteiger partial charge in [0.2, 0.25) is 0 Å². The Hall–Kier alpha value is -1.62. The molecule has 0 aromatic heterocycles. The first-order valence-electron chi connectivity index (χ1n) is 5.03. The van der Waals surface area contributed by atoms with E-state index in [0.29, 0.717) is 0 Å². The number of hydrogen-bond donors (Lipinski definition) is 2. The van der Waals surface area contributed by atoms with Crippen molar-refractivity contribution in [1.29, 1.82) is 0 Å². The van der Waals surface area contributed by atoms with E-state index >= 15 is 0 Å². The van der Waals surface area contributed by atoms with Gasteiger partial charge in [0, 0.05) is 0 Å². The Morgan fingerprint density at radius 1 is 1.50 bits per heavy atom. The molecular weight excluding hydrogens is 222 g/mol. The van der Waals surface area contributed by atoms with E-state index in [2.05, 4.69) is 29.7 Å². The van der Waals surface area contributed by atoms with Crippen molar-refractivity contribution in [3.05, 3.63) is 29.8 Å². The van der Waals surface area contributed by atoms with Crippen LogP contribution in [0.25, 0.3) is 0 Å². The zero-order valence-corrected chi connectivity index (χ0v) is 9.96. The van der Waals surface area contributed by atoms with Gasteiger partial charge >= 0.3 is 0 Å².